The third-order valence-corrected chi connectivity index (χ3v) is 4.96. The van der Waals surface area contributed by atoms with E-state index < -0.39 is 5.97 Å². The predicted octanol–water partition coefficient (Wildman–Crippen LogP) is 3.99. The largest absolute Gasteiger partial charge is 0.481 e. The molecule has 6 heteroatoms. The molecule has 0 aliphatic carbocycles. The minimum absolute atomic E-state index is 0.0480. The first kappa shape index (κ1) is 17.1. The molecule has 0 atom stereocenters. The van der Waals surface area contributed by atoms with Crippen LogP contribution in [0.25, 0.3) is 0 Å². The van der Waals surface area contributed by atoms with E-state index in [4.69, 9.17) is 17.3 Å². The first-order valence-electron chi connectivity index (χ1n) is 5.92. The molecule has 0 bridgehead atoms. The van der Waals surface area contributed by atoms with Crippen LogP contribution in [0.4, 0.5) is 0 Å². The zero-order chi connectivity index (χ0) is 13.1. The number of hydrogen-bond acceptors (Lipinski definition) is 4. The summed E-state index contributed by atoms with van der Waals surface area (Å²) in [6.07, 6.45) is 4.50. The first-order valence-corrected chi connectivity index (χ1v) is 8.21. The summed E-state index contributed by atoms with van der Waals surface area (Å²) >= 11 is 8.43. The molecule has 0 rings (SSSR count). The molecular formula is C11H21NO2S3. The van der Waals surface area contributed by atoms with Gasteiger partial charge in [0.1, 0.15) is 4.99 Å². The van der Waals surface area contributed by atoms with E-state index in [9.17, 15) is 4.79 Å². The second-order valence-corrected chi connectivity index (χ2v) is 6.36. The number of hydrogen-bond donors (Lipinski definition) is 1. The molecule has 0 aromatic rings. The number of carbonyl (C=O) groups is 1. The lowest BCUT2D eigenvalue weighted by Gasteiger charge is -2.21. The van der Waals surface area contributed by atoms with Crippen molar-refractivity contribution >= 4 is 47.1 Å². The van der Waals surface area contributed by atoms with Gasteiger partial charge in [0.05, 0.1) is 6.42 Å². The molecule has 1 N–H and O–H groups in total. The summed E-state index contributed by atoms with van der Waals surface area (Å²) in [7, 11) is 0. The van der Waals surface area contributed by atoms with Crippen LogP contribution < -0.4 is 0 Å². The zero-order valence-corrected chi connectivity index (χ0v) is 12.9. The van der Waals surface area contributed by atoms with Crippen molar-refractivity contribution < 1.29 is 9.90 Å². The van der Waals surface area contributed by atoms with Gasteiger partial charge >= 0.3 is 5.97 Å². The van der Waals surface area contributed by atoms with Gasteiger partial charge in [-0.05, 0) is 36.7 Å². The number of rotatable bonds is 10. The number of thiocarbonyl (C=S) groups is 1. The number of nitrogens with zero attached hydrogens (tertiary/aromatic N) is 1. The number of carboxylic acid groups (broad SMARTS) is 1. The predicted molar refractivity (Wildman–Crippen MR) is 81.4 cm³/mol. The van der Waals surface area contributed by atoms with Gasteiger partial charge in [0.15, 0.2) is 0 Å². The van der Waals surface area contributed by atoms with Crippen LogP contribution in [0.15, 0.2) is 0 Å². The van der Waals surface area contributed by atoms with Crippen molar-refractivity contribution in [1.82, 2.24) is 3.71 Å². The van der Waals surface area contributed by atoms with E-state index in [0.717, 1.165) is 37.2 Å². The lowest BCUT2D eigenvalue weighted by Crippen LogP contribution is -2.19. The number of aliphatic carboxylic acids is 1. The van der Waals surface area contributed by atoms with Crippen molar-refractivity contribution in [1.29, 1.82) is 0 Å². The van der Waals surface area contributed by atoms with E-state index in [1.807, 2.05) is 3.71 Å². The fourth-order valence-electron chi connectivity index (χ4n) is 0.959. The van der Waals surface area contributed by atoms with Crippen molar-refractivity contribution in [3.8, 4) is 0 Å². The molecule has 0 aromatic carbocycles. The summed E-state index contributed by atoms with van der Waals surface area (Å²) in [6, 6.07) is 0. The van der Waals surface area contributed by atoms with Crippen LogP contribution in [-0.4, -0.2) is 31.3 Å². The first-order chi connectivity index (χ1) is 8.11. The number of unbranched alkanes of at least 4 members (excludes halogenated alkanes) is 2. The molecule has 3 nitrogen and oxygen atoms in total. The van der Waals surface area contributed by atoms with Crippen LogP contribution >= 0.6 is 36.1 Å². The summed E-state index contributed by atoms with van der Waals surface area (Å²) in [4.78, 5) is 11.2. The van der Waals surface area contributed by atoms with Crippen LogP contribution in [0, 0.1) is 0 Å². The molecule has 0 aliphatic rings. The molecule has 0 fully saturated rings. The van der Waals surface area contributed by atoms with E-state index in [1.54, 1.807) is 23.9 Å². The Morgan fingerprint density at radius 2 is 1.65 bits per heavy atom. The van der Waals surface area contributed by atoms with E-state index in [0.29, 0.717) is 4.99 Å². The van der Waals surface area contributed by atoms with Crippen molar-refractivity contribution in [2.75, 3.05) is 11.5 Å². The Morgan fingerprint density at radius 1 is 1.18 bits per heavy atom. The molecule has 0 amide bonds. The highest BCUT2D eigenvalue weighted by molar-refractivity contribution is 8.13. The lowest BCUT2D eigenvalue weighted by molar-refractivity contribution is -0.135. The second kappa shape index (κ2) is 11.2. The fraction of sp³-hybridized carbons (Fsp3) is 0.818. The number of carboxylic acids is 1. The smallest absolute Gasteiger partial charge is 0.310 e. The van der Waals surface area contributed by atoms with E-state index in [1.165, 1.54) is 0 Å². The lowest BCUT2D eigenvalue weighted by atomic mass is 10.4. The molecule has 0 heterocycles. The van der Waals surface area contributed by atoms with Gasteiger partial charge in [0.25, 0.3) is 0 Å². The maximum atomic E-state index is 10.6. The highest BCUT2D eigenvalue weighted by Crippen LogP contribution is 2.25. The van der Waals surface area contributed by atoms with Crippen molar-refractivity contribution in [3.63, 3.8) is 0 Å². The monoisotopic (exact) mass is 295 g/mol. The third-order valence-electron chi connectivity index (χ3n) is 1.92. The Hall–Kier alpha value is 0.0600. The van der Waals surface area contributed by atoms with Gasteiger partial charge in [-0.2, -0.15) is 0 Å². The molecule has 0 saturated carbocycles. The average Bonchev–Trinajstić information content (AvgIpc) is 2.26. The molecule has 17 heavy (non-hydrogen) atoms. The average molecular weight is 295 g/mol. The standard InChI is InChI=1S/C11H21NO2S3/c1-3-5-7-16-12(17-8-6-4-2)10(15)9-11(13)14/h3-9H2,1-2H3,(H,13,14). The quantitative estimate of drug-likeness (QED) is 0.373. The molecule has 0 saturated heterocycles. The van der Waals surface area contributed by atoms with Crippen LogP contribution in [0.3, 0.4) is 0 Å². The van der Waals surface area contributed by atoms with Crippen molar-refractivity contribution in [2.24, 2.45) is 0 Å². The van der Waals surface area contributed by atoms with Gasteiger partial charge in [-0.25, -0.2) is 0 Å². The summed E-state index contributed by atoms with van der Waals surface area (Å²) in [5.74, 6) is 1.14. The highest BCUT2D eigenvalue weighted by atomic mass is 32.2. The normalized spacial score (nSPS) is 10.2. The maximum Gasteiger partial charge on any atom is 0.310 e. The Balaban J connectivity index is 4.07. The Labute approximate surface area is 118 Å². The van der Waals surface area contributed by atoms with Gasteiger partial charge in [0.2, 0.25) is 0 Å². The van der Waals surface area contributed by atoms with E-state index in [2.05, 4.69) is 13.8 Å². The highest BCUT2D eigenvalue weighted by Gasteiger charge is 2.14. The molecule has 0 unspecified atom stereocenters. The van der Waals surface area contributed by atoms with Crippen molar-refractivity contribution in [2.45, 2.75) is 46.0 Å². The Morgan fingerprint density at radius 3 is 2.00 bits per heavy atom. The zero-order valence-electron chi connectivity index (χ0n) is 10.5. The van der Waals surface area contributed by atoms with E-state index >= 15 is 0 Å². The molecule has 0 radical (unpaired) electrons. The van der Waals surface area contributed by atoms with Gasteiger partial charge < -0.3 is 5.11 Å². The molecule has 0 aliphatic heterocycles. The minimum Gasteiger partial charge on any atom is -0.481 e. The summed E-state index contributed by atoms with van der Waals surface area (Å²) in [5, 5.41) is 8.74. The van der Waals surface area contributed by atoms with Gasteiger partial charge in [0, 0.05) is 11.5 Å². The second-order valence-electron chi connectivity index (χ2n) is 3.59. The molecule has 100 valence electrons. The summed E-state index contributed by atoms with van der Waals surface area (Å²) < 4.78 is 1.91. The van der Waals surface area contributed by atoms with Gasteiger partial charge in [-0.3, -0.25) is 8.51 Å². The minimum atomic E-state index is -0.854. The Kier molecular flexibility index (Phi) is 11.2. The van der Waals surface area contributed by atoms with Gasteiger partial charge in [-0.15, -0.1) is 0 Å². The SMILES string of the molecule is CCCCSN(SCCCC)C(=S)CC(=O)O. The van der Waals surface area contributed by atoms with Crippen LogP contribution in [0.5, 0.6) is 0 Å². The summed E-state index contributed by atoms with van der Waals surface area (Å²) in [5.41, 5.74) is 0. The van der Waals surface area contributed by atoms with Crippen LogP contribution in [0.1, 0.15) is 46.0 Å². The van der Waals surface area contributed by atoms with Crippen LogP contribution in [-0.2, 0) is 4.79 Å². The molecule has 0 spiro atoms. The molecular weight excluding hydrogens is 274 g/mol. The van der Waals surface area contributed by atoms with E-state index in [-0.39, 0.29) is 6.42 Å². The van der Waals surface area contributed by atoms with Crippen molar-refractivity contribution in [3.05, 3.63) is 0 Å². The third kappa shape index (κ3) is 9.73. The van der Waals surface area contributed by atoms with Crippen LogP contribution in [0.2, 0.25) is 0 Å². The topological polar surface area (TPSA) is 40.5 Å². The maximum absolute atomic E-state index is 10.6. The fourth-order valence-corrected chi connectivity index (χ4v) is 3.73. The van der Waals surface area contributed by atoms with Gasteiger partial charge in [-0.1, -0.05) is 38.9 Å². The molecule has 0 aromatic heterocycles. The Bertz CT molecular complexity index is 227. The summed E-state index contributed by atoms with van der Waals surface area (Å²) in [6.45, 7) is 4.29.